The number of benzene rings is 1. The third-order valence-corrected chi connectivity index (χ3v) is 5.86. The van der Waals surface area contributed by atoms with Crippen LogP contribution in [0.4, 0.5) is 13.2 Å². The molecule has 1 aliphatic rings. The molecule has 36 heavy (non-hydrogen) atoms. The lowest BCUT2D eigenvalue weighted by molar-refractivity contribution is -0.137. The van der Waals surface area contributed by atoms with Gasteiger partial charge in [-0.2, -0.15) is 13.2 Å². The fraction of sp³-hybridized carbons (Fsp3) is 0.174. The molecule has 6 rings (SSSR count). The average Bonchev–Trinajstić information content (AvgIpc) is 3.57. The molecular formula is C23H15F3N8O2. The number of rotatable bonds is 3. The Bertz CT molecular complexity index is 1580. The predicted molar refractivity (Wildman–Crippen MR) is 117 cm³/mol. The van der Waals surface area contributed by atoms with Crippen molar-refractivity contribution >= 4 is 16.8 Å². The summed E-state index contributed by atoms with van der Waals surface area (Å²) in [7, 11) is 0. The highest BCUT2D eigenvalue weighted by atomic mass is 19.4. The number of H-pyrrole nitrogens is 1. The maximum Gasteiger partial charge on any atom is 0.417 e. The minimum absolute atomic E-state index is 0.0113. The van der Waals surface area contributed by atoms with Crippen LogP contribution in [0.5, 0.6) is 0 Å². The van der Waals surface area contributed by atoms with Crippen LogP contribution >= 0.6 is 0 Å². The summed E-state index contributed by atoms with van der Waals surface area (Å²) in [4.78, 5) is 35.3. The highest BCUT2D eigenvalue weighted by molar-refractivity contribution is 5.90. The van der Waals surface area contributed by atoms with Crippen molar-refractivity contribution < 1.29 is 22.4 Å². The van der Waals surface area contributed by atoms with E-state index in [-0.39, 0.29) is 17.5 Å². The molecule has 1 amide bonds. The third-order valence-electron chi connectivity index (χ3n) is 5.86. The summed E-state index contributed by atoms with van der Waals surface area (Å²) in [6.45, 7) is 0.297. The van der Waals surface area contributed by atoms with E-state index < -0.39 is 23.7 Å². The number of hydrogen-bond acceptors (Lipinski definition) is 8. The quantitative estimate of drug-likeness (QED) is 0.405. The molecule has 0 bridgehead atoms. The topological polar surface area (TPSA) is 127 Å². The van der Waals surface area contributed by atoms with Gasteiger partial charge >= 0.3 is 18.0 Å². The molecule has 4 aromatic heterocycles. The summed E-state index contributed by atoms with van der Waals surface area (Å²) in [6.07, 6.45) is -0.124. The number of fused-ring (bicyclic) bond motifs is 2. The maximum atomic E-state index is 13.5. The van der Waals surface area contributed by atoms with E-state index in [2.05, 4.69) is 35.1 Å². The SMILES string of the molecule is O=C(c1nnc(-c2ccc(C(F)(F)F)cn2)o1)N1CCc2[nH]cnc2[C@@H]1c1ncc2ccccc2n1. The number of halogens is 3. The first-order valence-corrected chi connectivity index (χ1v) is 10.8. The van der Waals surface area contributed by atoms with Crippen LogP contribution < -0.4 is 0 Å². The molecule has 0 fully saturated rings. The molecule has 1 aliphatic heterocycles. The Morgan fingerprint density at radius 3 is 2.72 bits per heavy atom. The van der Waals surface area contributed by atoms with Crippen molar-refractivity contribution in [3.63, 3.8) is 0 Å². The Morgan fingerprint density at radius 2 is 1.92 bits per heavy atom. The van der Waals surface area contributed by atoms with Crippen LogP contribution in [0.15, 0.2) is 59.5 Å². The Labute approximate surface area is 200 Å². The maximum absolute atomic E-state index is 13.5. The lowest BCUT2D eigenvalue weighted by Crippen LogP contribution is -2.41. The first-order chi connectivity index (χ1) is 17.4. The predicted octanol–water partition coefficient (Wildman–Crippen LogP) is 3.60. The van der Waals surface area contributed by atoms with E-state index in [1.807, 2.05) is 24.3 Å². The minimum atomic E-state index is -4.53. The Hall–Kier alpha value is -4.68. The summed E-state index contributed by atoms with van der Waals surface area (Å²) < 4.78 is 44.0. The summed E-state index contributed by atoms with van der Waals surface area (Å²) in [5.74, 6) is -0.727. The highest BCUT2D eigenvalue weighted by Crippen LogP contribution is 2.34. The van der Waals surface area contributed by atoms with Crippen molar-refractivity contribution in [2.45, 2.75) is 18.6 Å². The Balaban J connectivity index is 1.34. The zero-order chi connectivity index (χ0) is 24.9. The van der Waals surface area contributed by atoms with Gasteiger partial charge in [-0.15, -0.1) is 10.2 Å². The van der Waals surface area contributed by atoms with Crippen molar-refractivity contribution in [3.8, 4) is 11.6 Å². The number of para-hydroxylation sites is 1. The van der Waals surface area contributed by atoms with Crippen LogP contribution in [0.25, 0.3) is 22.5 Å². The number of nitrogens with one attached hydrogen (secondary N) is 1. The zero-order valence-corrected chi connectivity index (χ0v) is 18.3. The fourth-order valence-electron chi connectivity index (χ4n) is 4.10. The third kappa shape index (κ3) is 3.74. The van der Waals surface area contributed by atoms with E-state index in [0.717, 1.165) is 23.2 Å². The number of pyridine rings is 1. The monoisotopic (exact) mass is 492 g/mol. The zero-order valence-electron chi connectivity index (χ0n) is 18.3. The molecule has 0 aliphatic carbocycles. The van der Waals surface area contributed by atoms with Crippen molar-refractivity contribution in [2.75, 3.05) is 6.54 Å². The van der Waals surface area contributed by atoms with Crippen molar-refractivity contribution in [1.29, 1.82) is 0 Å². The number of carbonyl (C=O) groups excluding carboxylic acids is 1. The lowest BCUT2D eigenvalue weighted by Gasteiger charge is -2.32. The van der Waals surface area contributed by atoms with E-state index in [1.165, 1.54) is 4.90 Å². The van der Waals surface area contributed by atoms with Gasteiger partial charge in [-0.25, -0.2) is 15.0 Å². The van der Waals surface area contributed by atoms with E-state index in [9.17, 15) is 18.0 Å². The lowest BCUT2D eigenvalue weighted by atomic mass is 10.0. The largest absolute Gasteiger partial charge is 0.417 e. The van der Waals surface area contributed by atoms with Gasteiger partial charge in [0.2, 0.25) is 0 Å². The number of aromatic nitrogens is 7. The molecule has 5 heterocycles. The van der Waals surface area contributed by atoms with Gasteiger partial charge in [-0.3, -0.25) is 9.78 Å². The van der Waals surface area contributed by atoms with Gasteiger partial charge in [-0.1, -0.05) is 18.2 Å². The van der Waals surface area contributed by atoms with Crippen molar-refractivity contribution in [2.24, 2.45) is 0 Å². The molecule has 13 heteroatoms. The van der Waals surface area contributed by atoms with E-state index in [0.29, 0.717) is 36.2 Å². The molecule has 0 saturated heterocycles. The first kappa shape index (κ1) is 21.8. The Morgan fingerprint density at radius 1 is 1.06 bits per heavy atom. The highest BCUT2D eigenvalue weighted by Gasteiger charge is 2.38. The standard InChI is InChI=1S/C23H15F3N8O2/c24-23(25,26)13-5-6-16(27-10-13)20-32-33-21(36-20)22(35)34-8-7-15-17(30-11-29-15)18(34)19-28-9-12-3-1-2-4-14(12)31-19/h1-6,9-11,18H,7-8H2,(H,29,30)/t18-/m1/s1. The molecule has 0 unspecified atom stereocenters. The van der Waals surface area contributed by atoms with Crippen LogP contribution in [0.2, 0.25) is 0 Å². The summed E-state index contributed by atoms with van der Waals surface area (Å²) in [5, 5.41) is 8.48. The smallest absolute Gasteiger partial charge is 0.411 e. The van der Waals surface area contributed by atoms with Gasteiger partial charge in [-0.05, 0) is 18.2 Å². The van der Waals surface area contributed by atoms with Gasteiger partial charge in [0, 0.05) is 36.4 Å². The molecule has 180 valence electrons. The van der Waals surface area contributed by atoms with Gasteiger partial charge in [0.1, 0.15) is 11.7 Å². The number of aromatic amines is 1. The minimum Gasteiger partial charge on any atom is -0.411 e. The number of carbonyl (C=O) groups is 1. The number of imidazole rings is 1. The number of nitrogens with zero attached hydrogens (tertiary/aromatic N) is 7. The molecule has 0 spiro atoms. The van der Waals surface area contributed by atoms with Crippen LogP contribution in [-0.4, -0.2) is 52.5 Å². The summed E-state index contributed by atoms with van der Waals surface area (Å²) in [6, 6.07) is 8.72. The molecule has 5 aromatic rings. The van der Waals surface area contributed by atoms with Crippen LogP contribution in [0.3, 0.4) is 0 Å². The number of amides is 1. The van der Waals surface area contributed by atoms with Crippen LogP contribution in [0.1, 0.15) is 39.5 Å². The van der Waals surface area contributed by atoms with Gasteiger partial charge in [0.15, 0.2) is 5.82 Å². The van der Waals surface area contributed by atoms with Crippen LogP contribution in [-0.2, 0) is 12.6 Å². The molecule has 1 aromatic carbocycles. The van der Waals surface area contributed by atoms with Crippen LogP contribution in [0, 0.1) is 0 Å². The van der Waals surface area contributed by atoms with E-state index in [1.54, 1.807) is 12.5 Å². The fourth-order valence-corrected chi connectivity index (χ4v) is 4.10. The normalized spacial score (nSPS) is 15.8. The first-order valence-electron chi connectivity index (χ1n) is 10.8. The molecule has 10 nitrogen and oxygen atoms in total. The van der Waals surface area contributed by atoms with Gasteiger partial charge in [0.05, 0.1) is 23.1 Å². The summed E-state index contributed by atoms with van der Waals surface area (Å²) >= 11 is 0. The van der Waals surface area contributed by atoms with Crippen molar-refractivity contribution in [3.05, 3.63) is 83.8 Å². The Kier molecular flexibility index (Phi) is 4.98. The molecular weight excluding hydrogens is 477 g/mol. The average molecular weight is 492 g/mol. The number of alkyl halides is 3. The number of hydrogen-bond donors (Lipinski definition) is 1. The van der Waals surface area contributed by atoms with E-state index >= 15 is 0 Å². The van der Waals surface area contributed by atoms with Crippen molar-refractivity contribution in [1.82, 2.24) is 40.0 Å². The van der Waals surface area contributed by atoms with Gasteiger partial charge in [0.25, 0.3) is 5.89 Å². The second-order valence-electron chi connectivity index (χ2n) is 8.05. The van der Waals surface area contributed by atoms with Gasteiger partial charge < -0.3 is 14.3 Å². The second-order valence-corrected chi connectivity index (χ2v) is 8.05. The molecule has 1 N–H and O–H groups in total. The molecule has 0 radical (unpaired) electrons. The second kappa shape index (κ2) is 8.22. The summed E-state index contributed by atoms with van der Waals surface area (Å²) in [5.41, 5.74) is 1.28. The molecule has 0 saturated carbocycles. The van der Waals surface area contributed by atoms with E-state index in [4.69, 9.17) is 4.42 Å². The molecule has 1 atom stereocenters.